The minimum Gasteiger partial charge on any atom is -0.436 e. The molecule has 2 N–H and O–H groups in total. The Kier molecular flexibility index (Phi) is 4.52. The third-order valence-corrected chi connectivity index (χ3v) is 4.25. The monoisotopic (exact) mass is 419 g/mol. The normalized spacial score (nSPS) is 11.8. The van der Waals surface area contributed by atoms with Crippen LogP contribution in [0.15, 0.2) is 34.9 Å². The molecule has 0 bridgehead atoms. The van der Waals surface area contributed by atoms with Crippen LogP contribution in [-0.2, 0) is 6.18 Å². The molecule has 154 valence electrons. The lowest BCUT2D eigenvalue weighted by Crippen LogP contribution is -2.12. The lowest BCUT2D eigenvalue weighted by molar-refractivity contribution is -0.137. The van der Waals surface area contributed by atoms with E-state index in [0.29, 0.717) is 17.8 Å². The second-order valence-electron chi connectivity index (χ2n) is 6.47. The van der Waals surface area contributed by atoms with Gasteiger partial charge >= 0.3 is 6.18 Å². The number of aryl methyl sites for hydroxylation is 2. The van der Waals surface area contributed by atoms with Crippen molar-refractivity contribution in [1.29, 1.82) is 0 Å². The maximum atomic E-state index is 14.4. The van der Waals surface area contributed by atoms with Gasteiger partial charge in [0.1, 0.15) is 11.6 Å². The van der Waals surface area contributed by atoms with Crippen LogP contribution >= 0.6 is 0 Å². The molecule has 1 aromatic carbocycles. The smallest absolute Gasteiger partial charge is 0.417 e. The van der Waals surface area contributed by atoms with Crippen LogP contribution in [0.3, 0.4) is 0 Å². The number of pyridine rings is 1. The maximum Gasteiger partial charge on any atom is 0.417 e. The average molecular weight is 419 g/mol. The number of nitrogens with one attached hydrogen (secondary N) is 2. The Hall–Kier alpha value is -3.76. The van der Waals surface area contributed by atoms with Gasteiger partial charge in [-0.2, -0.15) is 13.2 Å². The Morgan fingerprint density at radius 2 is 1.93 bits per heavy atom. The van der Waals surface area contributed by atoms with E-state index in [0.717, 1.165) is 12.1 Å². The minimum absolute atomic E-state index is 0.000372. The predicted octanol–water partition coefficient (Wildman–Crippen LogP) is 4.64. The molecule has 0 aliphatic carbocycles. The molecule has 0 saturated heterocycles. The van der Waals surface area contributed by atoms with Crippen LogP contribution in [0.2, 0.25) is 0 Å². The summed E-state index contributed by atoms with van der Waals surface area (Å²) in [7, 11) is 0. The van der Waals surface area contributed by atoms with E-state index in [4.69, 9.17) is 4.42 Å². The summed E-state index contributed by atoms with van der Waals surface area (Å²) in [6.45, 7) is 3.21. The Balaban J connectivity index is 1.68. The highest BCUT2D eigenvalue weighted by Gasteiger charge is 2.31. The van der Waals surface area contributed by atoms with Gasteiger partial charge in [0, 0.05) is 18.8 Å². The van der Waals surface area contributed by atoms with Crippen LogP contribution in [-0.4, -0.2) is 25.8 Å². The molecule has 0 aliphatic rings. The Bertz CT molecular complexity index is 1280. The summed E-state index contributed by atoms with van der Waals surface area (Å²) >= 11 is 0. The number of carbonyl (C=O) groups excluding carboxylic acids is 1. The first-order chi connectivity index (χ1) is 14.1. The highest BCUT2D eigenvalue weighted by atomic mass is 19.4. The molecular formula is C19H13F4N5O2. The molecule has 11 heteroatoms. The van der Waals surface area contributed by atoms with Gasteiger partial charge in [0.2, 0.25) is 5.76 Å². The summed E-state index contributed by atoms with van der Waals surface area (Å²) in [5.74, 6) is -0.949. The standard InChI is InChI=1S/C19H13F4N5O2/c1-8-15(30-9(2)25-8)18(29)26-11-3-4-13(20)12(6-11)16-27-14-5-10(19(21,22)23)7-24-17(14)28-16/h3-7H,1-2H3,(H,26,29)(H,24,27,28). The van der Waals surface area contributed by atoms with Crippen LogP contribution < -0.4 is 5.32 Å². The van der Waals surface area contributed by atoms with Crippen molar-refractivity contribution in [3.05, 3.63) is 59.2 Å². The van der Waals surface area contributed by atoms with E-state index in [1.165, 1.54) is 12.1 Å². The van der Waals surface area contributed by atoms with Gasteiger partial charge in [-0.3, -0.25) is 4.79 Å². The molecule has 0 saturated carbocycles. The summed E-state index contributed by atoms with van der Waals surface area (Å²) in [6, 6.07) is 4.58. The van der Waals surface area contributed by atoms with Crippen LogP contribution in [0, 0.1) is 19.7 Å². The average Bonchev–Trinajstić information content (AvgIpc) is 3.24. The quantitative estimate of drug-likeness (QED) is 0.472. The number of amides is 1. The molecule has 3 aromatic heterocycles. The van der Waals surface area contributed by atoms with Gasteiger partial charge in [-0.05, 0) is 31.2 Å². The molecule has 7 nitrogen and oxygen atoms in total. The largest absolute Gasteiger partial charge is 0.436 e. The highest BCUT2D eigenvalue weighted by molar-refractivity contribution is 6.03. The summed E-state index contributed by atoms with van der Waals surface area (Å²) < 4.78 is 58.2. The van der Waals surface area contributed by atoms with Gasteiger partial charge in [0.05, 0.1) is 22.3 Å². The minimum atomic E-state index is -4.57. The maximum absolute atomic E-state index is 14.4. The van der Waals surface area contributed by atoms with Gasteiger partial charge in [-0.25, -0.2) is 19.3 Å². The van der Waals surface area contributed by atoms with Crippen molar-refractivity contribution >= 4 is 22.8 Å². The lowest BCUT2D eigenvalue weighted by atomic mass is 10.1. The zero-order chi connectivity index (χ0) is 21.6. The molecule has 30 heavy (non-hydrogen) atoms. The third-order valence-electron chi connectivity index (χ3n) is 4.25. The Morgan fingerprint density at radius 3 is 2.60 bits per heavy atom. The SMILES string of the molecule is Cc1nc(C)c(C(=O)Nc2ccc(F)c(-c3nc4ncc(C(F)(F)F)cc4[nH]3)c2)o1. The first kappa shape index (κ1) is 19.6. The zero-order valence-corrected chi connectivity index (χ0v) is 15.6. The van der Waals surface area contributed by atoms with E-state index in [9.17, 15) is 22.4 Å². The fourth-order valence-corrected chi connectivity index (χ4v) is 2.90. The van der Waals surface area contributed by atoms with Gasteiger partial charge in [0.25, 0.3) is 5.91 Å². The summed E-state index contributed by atoms with van der Waals surface area (Å²) in [5, 5.41) is 2.57. The van der Waals surface area contributed by atoms with Gasteiger partial charge in [-0.15, -0.1) is 0 Å². The number of H-pyrrole nitrogens is 1. The molecule has 0 atom stereocenters. The van der Waals surface area contributed by atoms with Crippen molar-refractivity contribution in [3.63, 3.8) is 0 Å². The Labute approximate surface area is 166 Å². The number of nitrogens with zero attached hydrogens (tertiary/aromatic N) is 3. The molecule has 0 aliphatic heterocycles. The number of benzene rings is 1. The van der Waals surface area contributed by atoms with E-state index in [1.54, 1.807) is 13.8 Å². The number of hydrogen-bond acceptors (Lipinski definition) is 5. The number of imidazole rings is 1. The second kappa shape index (κ2) is 6.94. The number of carbonyl (C=O) groups is 1. The summed E-state index contributed by atoms with van der Waals surface area (Å²) in [5.41, 5.74) is -0.374. The number of oxazole rings is 1. The van der Waals surface area contributed by atoms with Crippen LogP contribution in [0.1, 0.15) is 27.7 Å². The highest BCUT2D eigenvalue weighted by Crippen LogP contribution is 2.31. The molecule has 4 aromatic rings. The van der Waals surface area contributed by atoms with E-state index < -0.39 is 23.5 Å². The first-order valence-electron chi connectivity index (χ1n) is 8.60. The van der Waals surface area contributed by atoms with Crippen LogP contribution in [0.4, 0.5) is 23.2 Å². The van der Waals surface area contributed by atoms with E-state index in [1.807, 2.05) is 0 Å². The van der Waals surface area contributed by atoms with Crippen molar-refractivity contribution in [2.75, 3.05) is 5.32 Å². The molecule has 0 radical (unpaired) electrons. The number of alkyl halides is 3. The molecule has 0 unspecified atom stereocenters. The van der Waals surface area contributed by atoms with Gasteiger partial charge < -0.3 is 14.7 Å². The molecular weight excluding hydrogens is 406 g/mol. The number of hydrogen-bond donors (Lipinski definition) is 2. The molecule has 0 spiro atoms. The van der Waals surface area contributed by atoms with Crippen molar-refractivity contribution in [2.24, 2.45) is 0 Å². The molecule has 1 amide bonds. The van der Waals surface area contributed by atoms with Gasteiger partial charge in [-0.1, -0.05) is 0 Å². The number of aromatic amines is 1. The fraction of sp³-hybridized carbons (Fsp3) is 0.158. The topological polar surface area (TPSA) is 96.7 Å². The van der Waals surface area contributed by atoms with Crippen LogP contribution in [0.25, 0.3) is 22.6 Å². The van der Waals surface area contributed by atoms with E-state index in [2.05, 4.69) is 25.3 Å². The molecule has 0 fully saturated rings. The number of aromatic nitrogens is 4. The first-order valence-corrected chi connectivity index (χ1v) is 8.60. The van der Waals surface area contributed by atoms with Crippen molar-refractivity contribution in [3.8, 4) is 11.4 Å². The summed E-state index contributed by atoms with van der Waals surface area (Å²) in [4.78, 5) is 26.7. The van der Waals surface area contributed by atoms with E-state index in [-0.39, 0.29) is 34.0 Å². The van der Waals surface area contributed by atoms with Crippen molar-refractivity contribution in [1.82, 2.24) is 19.9 Å². The Morgan fingerprint density at radius 1 is 1.17 bits per heavy atom. The predicted molar refractivity (Wildman–Crippen MR) is 98.2 cm³/mol. The number of halogens is 4. The summed E-state index contributed by atoms with van der Waals surface area (Å²) in [6.07, 6.45) is -3.92. The fourth-order valence-electron chi connectivity index (χ4n) is 2.90. The van der Waals surface area contributed by atoms with Gasteiger partial charge in [0.15, 0.2) is 11.5 Å². The van der Waals surface area contributed by atoms with Crippen molar-refractivity contribution in [2.45, 2.75) is 20.0 Å². The molecule has 4 rings (SSSR count). The second-order valence-corrected chi connectivity index (χ2v) is 6.47. The van der Waals surface area contributed by atoms with Crippen molar-refractivity contribution < 1.29 is 26.8 Å². The van der Waals surface area contributed by atoms with Crippen LogP contribution in [0.5, 0.6) is 0 Å². The zero-order valence-electron chi connectivity index (χ0n) is 15.6. The number of rotatable bonds is 3. The number of fused-ring (bicyclic) bond motifs is 1. The van der Waals surface area contributed by atoms with E-state index >= 15 is 0 Å². The third kappa shape index (κ3) is 3.61. The lowest BCUT2D eigenvalue weighted by Gasteiger charge is -2.06. The number of anilines is 1. The molecule has 3 heterocycles.